The smallest absolute Gasteiger partial charge is 0.333 e. The lowest BCUT2D eigenvalue weighted by Crippen LogP contribution is -2.06. The number of carbonyl (C=O) groups excluding carboxylic acids is 1. The van der Waals surface area contributed by atoms with Crippen molar-refractivity contribution in [1.29, 1.82) is 0 Å². The second-order valence-corrected chi connectivity index (χ2v) is 4.75. The van der Waals surface area contributed by atoms with Gasteiger partial charge < -0.3 is 10.1 Å². The molecule has 98 valence electrons. The molecule has 0 spiro atoms. The highest BCUT2D eigenvalue weighted by molar-refractivity contribution is 6.41. The van der Waals surface area contributed by atoms with Gasteiger partial charge in [-0.1, -0.05) is 40.9 Å². The summed E-state index contributed by atoms with van der Waals surface area (Å²) < 4.78 is 4.57. The fourth-order valence-corrected chi connectivity index (χ4v) is 2.21. The summed E-state index contributed by atoms with van der Waals surface area (Å²) in [4.78, 5) is 11.1. The van der Waals surface area contributed by atoms with Crippen molar-refractivity contribution < 1.29 is 9.53 Å². The third kappa shape index (κ3) is 4.09. The first kappa shape index (κ1) is 15.2. The highest BCUT2D eigenvalue weighted by Crippen LogP contribution is 2.33. The molecule has 0 aromatic heterocycles. The SMILES string of the molecule is COC(=O)C(C)=CCNc1c(Cl)cc(Cl)cc1Cl. The van der Waals surface area contributed by atoms with Crippen LogP contribution in [0.1, 0.15) is 6.92 Å². The van der Waals surface area contributed by atoms with E-state index < -0.39 is 0 Å². The maximum absolute atomic E-state index is 11.1. The van der Waals surface area contributed by atoms with E-state index in [-0.39, 0.29) is 5.97 Å². The van der Waals surface area contributed by atoms with E-state index in [1.165, 1.54) is 7.11 Å². The summed E-state index contributed by atoms with van der Waals surface area (Å²) in [6.45, 7) is 2.07. The fraction of sp³-hybridized carbons (Fsp3) is 0.250. The number of ether oxygens (including phenoxy) is 1. The first-order valence-electron chi connectivity index (χ1n) is 5.09. The molecule has 0 fully saturated rings. The predicted molar refractivity (Wildman–Crippen MR) is 75.7 cm³/mol. The summed E-state index contributed by atoms with van der Waals surface area (Å²) in [5, 5.41) is 4.34. The molecule has 0 unspecified atom stereocenters. The Balaban J connectivity index is 2.73. The van der Waals surface area contributed by atoms with Gasteiger partial charge >= 0.3 is 5.97 Å². The van der Waals surface area contributed by atoms with Crippen LogP contribution in [0.25, 0.3) is 0 Å². The monoisotopic (exact) mass is 307 g/mol. The molecule has 0 aliphatic carbocycles. The van der Waals surface area contributed by atoms with E-state index in [0.717, 1.165) is 0 Å². The fourth-order valence-electron chi connectivity index (χ4n) is 1.26. The van der Waals surface area contributed by atoms with Gasteiger partial charge in [0.2, 0.25) is 0 Å². The molecule has 18 heavy (non-hydrogen) atoms. The molecule has 1 aromatic rings. The van der Waals surface area contributed by atoms with E-state index >= 15 is 0 Å². The third-order valence-corrected chi connectivity index (χ3v) is 3.02. The normalized spacial score (nSPS) is 11.3. The summed E-state index contributed by atoms with van der Waals surface area (Å²) in [5.41, 5.74) is 1.09. The molecule has 0 saturated carbocycles. The quantitative estimate of drug-likeness (QED) is 0.670. The number of hydrogen-bond acceptors (Lipinski definition) is 3. The summed E-state index contributed by atoms with van der Waals surface area (Å²) in [6, 6.07) is 3.18. The first-order chi connectivity index (χ1) is 8.45. The van der Waals surface area contributed by atoms with Gasteiger partial charge in [-0.05, 0) is 19.1 Å². The topological polar surface area (TPSA) is 38.3 Å². The molecular formula is C12H12Cl3NO2. The lowest BCUT2D eigenvalue weighted by Gasteiger charge is -2.09. The van der Waals surface area contributed by atoms with Crippen molar-refractivity contribution in [3.8, 4) is 0 Å². The average molecular weight is 309 g/mol. The van der Waals surface area contributed by atoms with Crippen molar-refractivity contribution >= 4 is 46.5 Å². The highest BCUT2D eigenvalue weighted by atomic mass is 35.5. The van der Waals surface area contributed by atoms with Crippen molar-refractivity contribution in [3.63, 3.8) is 0 Å². The van der Waals surface area contributed by atoms with Gasteiger partial charge in [0.1, 0.15) is 0 Å². The Morgan fingerprint density at radius 1 is 1.33 bits per heavy atom. The molecule has 1 aromatic carbocycles. The zero-order chi connectivity index (χ0) is 13.7. The number of nitrogens with one attached hydrogen (secondary N) is 1. The molecule has 3 nitrogen and oxygen atoms in total. The molecule has 0 bridgehead atoms. The lowest BCUT2D eigenvalue weighted by atomic mass is 10.2. The van der Waals surface area contributed by atoms with Crippen LogP contribution in [0, 0.1) is 0 Å². The van der Waals surface area contributed by atoms with Crippen molar-refractivity contribution in [2.45, 2.75) is 6.92 Å². The van der Waals surface area contributed by atoms with Crippen molar-refractivity contribution in [2.75, 3.05) is 19.0 Å². The van der Waals surface area contributed by atoms with E-state index in [2.05, 4.69) is 10.1 Å². The van der Waals surface area contributed by atoms with Crippen LogP contribution in [0.4, 0.5) is 5.69 Å². The Kier molecular flexibility index (Phi) is 5.79. The maximum atomic E-state index is 11.1. The number of hydrogen-bond donors (Lipinski definition) is 1. The Bertz CT molecular complexity index is 463. The van der Waals surface area contributed by atoms with Crippen LogP contribution in [-0.4, -0.2) is 19.6 Å². The zero-order valence-corrected chi connectivity index (χ0v) is 12.2. The standard InChI is InChI=1S/C12H12Cl3NO2/c1-7(12(17)18-2)3-4-16-11-9(14)5-8(13)6-10(11)15/h3,5-6,16H,4H2,1-2H3. The second-order valence-electron chi connectivity index (χ2n) is 3.50. The summed E-state index contributed by atoms with van der Waals surface area (Å²) in [6.07, 6.45) is 1.69. The number of methoxy groups -OCH3 is 1. The molecule has 0 saturated heterocycles. The minimum atomic E-state index is -0.370. The van der Waals surface area contributed by atoms with E-state index in [4.69, 9.17) is 34.8 Å². The summed E-state index contributed by atoms with van der Waals surface area (Å²) in [7, 11) is 1.33. The summed E-state index contributed by atoms with van der Waals surface area (Å²) >= 11 is 17.8. The Morgan fingerprint density at radius 3 is 2.39 bits per heavy atom. The van der Waals surface area contributed by atoms with Gasteiger partial charge in [0.05, 0.1) is 22.8 Å². The van der Waals surface area contributed by atoms with E-state index in [0.29, 0.717) is 32.9 Å². The van der Waals surface area contributed by atoms with Crippen LogP contribution in [0.3, 0.4) is 0 Å². The molecule has 1 rings (SSSR count). The van der Waals surface area contributed by atoms with Crippen LogP contribution in [0.5, 0.6) is 0 Å². The van der Waals surface area contributed by atoms with Gasteiger partial charge in [0.15, 0.2) is 0 Å². The number of benzene rings is 1. The van der Waals surface area contributed by atoms with Crippen LogP contribution < -0.4 is 5.32 Å². The second kappa shape index (κ2) is 6.88. The Morgan fingerprint density at radius 2 is 1.89 bits per heavy atom. The van der Waals surface area contributed by atoms with Gasteiger partial charge in [0, 0.05) is 17.1 Å². The van der Waals surface area contributed by atoms with E-state index in [9.17, 15) is 4.79 Å². The number of carbonyl (C=O) groups is 1. The largest absolute Gasteiger partial charge is 0.466 e. The van der Waals surface area contributed by atoms with E-state index in [1.807, 2.05) is 0 Å². The minimum absolute atomic E-state index is 0.370. The van der Waals surface area contributed by atoms with Crippen LogP contribution in [0.2, 0.25) is 15.1 Å². The van der Waals surface area contributed by atoms with E-state index in [1.54, 1.807) is 25.1 Å². The lowest BCUT2D eigenvalue weighted by molar-refractivity contribution is -0.136. The van der Waals surface area contributed by atoms with Gasteiger partial charge in [-0.3, -0.25) is 0 Å². The molecule has 0 aliphatic rings. The molecule has 0 amide bonds. The number of halogens is 3. The minimum Gasteiger partial charge on any atom is -0.466 e. The van der Waals surface area contributed by atoms with Gasteiger partial charge in [-0.15, -0.1) is 0 Å². The maximum Gasteiger partial charge on any atom is 0.333 e. The third-order valence-electron chi connectivity index (χ3n) is 2.20. The number of esters is 1. The molecule has 0 atom stereocenters. The van der Waals surface area contributed by atoms with Crippen molar-refractivity contribution in [3.05, 3.63) is 38.8 Å². The average Bonchev–Trinajstić information content (AvgIpc) is 2.31. The molecular weight excluding hydrogens is 296 g/mol. The van der Waals surface area contributed by atoms with Crippen LogP contribution in [-0.2, 0) is 9.53 Å². The summed E-state index contributed by atoms with van der Waals surface area (Å²) in [5.74, 6) is -0.370. The van der Waals surface area contributed by atoms with Gasteiger partial charge in [-0.2, -0.15) is 0 Å². The van der Waals surface area contributed by atoms with Crippen LogP contribution >= 0.6 is 34.8 Å². The van der Waals surface area contributed by atoms with Crippen molar-refractivity contribution in [1.82, 2.24) is 0 Å². The Hall–Kier alpha value is -0.900. The van der Waals surface area contributed by atoms with Gasteiger partial charge in [0.25, 0.3) is 0 Å². The first-order valence-corrected chi connectivity index (χ1v) is 6.22. The zero-order valence-electron chi connectivity index (χ0n) is 9.89. The van der Waals surface area contributed by atoms with Crippen LogP contribution in [0.15, 0.2) is 23.8 Å². The molecule has 1 N–H and O–H groups in total. The van der Waals surface area contributed by atoms with Crippen molar-refractivity contribution in [2.24, 2.45) is 0 Å². The number of anilines is 1. The number of rotatable bonds is 4. The predicted octanol–water partition coefficient (Wildman–Crippen LogP) is 4.18. The molecule has 0 radical (unpaired) electrons. The molecule has 0 aliphatic heterocycles. The van der Waals surface area contributed by atoms with Gasteiger partial charge in [-0.25, -0.2) is 4.79 Å². The highest BCUT2D eigenvalue weighted by Gasteiger charge is 2.07. The Labute approximate surface area is 121 Å². The molecule has 0 heterocycles. The molecule has 6 heteroatoms.